The van der Waals surface area contributed by atoms with Crippen molar-refractivity contribution >= 4 is 11.6 Å². The Balaban J connectivity index is 2.21. The number of hydrogen-bond acceptors (Lipinski definition) is 6. The van der Waals surface area contributed by atoms with Gasteiger partial charge >= 0.3 is 0 Å². The van der Waals surface area contributed by atoms with Gasteiger partial charge in [-0.3, -0.25) is 0 Å². The summed E-state index contributed by atoms with van der Waals surface area (Å²) in [5.41, 5.74) is 1.97. The van der Waals surface area contributed by atoms with Crippen LogP contribution < -0.4 is 9.47 Å². The molecule has 0 spiro atoms. The van der Waals surface area contributed by atoms with E-state index >= 15 is 0 Å². The third-order valence-corrected chi connectivity index (χ3v) is 6.25. The van der Waals surface area contributed by atoms with Crippen LogP contribution in [-0.2, 0) is 5.41 Å². The Bertz CT molecular complexity index is 1460. The van der Waals surface area contributed by atoms with Crippen LogP contribution in [0.1, 0.15) is 22.3 Å². The fourth-order valence-corrected chi connectivity index (χ4v) is 4.51. The number of rotatable bonds is 5. The molecule has 0 unspecified atom stereocenters. The van der Waals surface area contributed by atoms with Crippen molar-refractivity contribution < 1.29 is 9.47 Å². The molecule has 0 fully saturated rings. The molecule has 0 saturated heterocycles. The van der Waals surface area contributed by atoms with E-state index in [-0.39, 0.29) is 0 Å². The number of methoxy groups -OCH3 is 2. The van der Waals surface area contributed by atoms with E-state index in [1.807, 2.05) is 36.4 Å². The minimum absolute atomic E-state index is 0.314. The second-order valence-electron chi connectivity index (χ2n) is 8.06. The lowest BCUT2D eigenvalue weighted by atomic mass is 9.63. The van der Waals surface area contributed by atoms with E-state index in [4.69, 9.17) is 9.47 Å². The van der Waals surface area contributed by atoms with E-state index in [0.717, 1.165) is 0 Å². The lowest BCUT2D eigenvalue weighted by molar-refractivity contribution is 0.414. The van der Waals surface area contributed by atoms with E-state index in [1.165, 1.54) is 0 Å². The Morgan fingerprint density at radius 1 is 0.722 bits per heavy atom. The number of benzene rings is 3. The summed E-state index contributed by atoms with van der Waals surface area (Å²) in [6.07, 6.45) is 1.74. The minimum Gasteiger partial charge on any atom is -0.497 e. The van der Waals surface area contributed by atoms with Crippen LogP contribution in [0.15, 0.2) is 83.9 Å². The molecule has 0 heterocycles. The zero-order chi connectivity index (χ0) is 25.7. The molecule has 172 valence electrons. The van der Waals surface area contributed by atoms with Gasteiger partial charge < -0.3 is 9.47 Å². The summed E-state index contributed by atoms with van der Waals surface area (Å²) in [6.45, 7) is 0. The van der Waals surface area contributed by atoms with E-state index in [0.29, 0.717) is 50.5 Å². The minimum atomic E-state index is -1.76. The summed E-state index contributed by atoms with van der Waals surface area (Å²) in [7, 11) is 3.13. The first kappa shape index (κ1) is 23.8. The summed E-state index contributed by atoms with van der Waals surface area (Å²) in [5.74, 6) is 0.0867. The van der Waals surface area contributed by atoms with Crippen LogP contribution in [0.4, 0.5) is 0 Å². The lowest BCUT2D eigenvalue weighted by Crippen LogP contribution is -2.32. The average molecular weight is 469 g/mol. The Hall–Kier alpha value is -5.30. The van der Waals surface area contributed by atoms with Crippen molar-refractivity contribution in [2.24, 2.45) is 5.92 Å². The standard InChI is InChI=1S/C30H20N4O2/c1-35-24-11-7-20(8-12-24)28(21-9-13-25(36-2)14-10-21)29-26(23(16-31)17-32)15-22-5-3-4-6-27(22)30(29,18-33)19-34/h3-15,23H,1-2H3. The molecule has 0 N–H and O–H groups in total. The van der Waals surface area contributed by atoms with Crippen LogP contribution in [-0.4, -0.2) is 14.2 Å². The van der Waals surface area contributed by atoms with Gasteiger partial charge in [-0.2, -0.15) is 21.0 Å². The number of fused-ring (bicyclic) bond motifs is 1. The summed E-state index contributed by atoms with van der Waals surface area (Å²) < 4.78 is 10.6. The van der Waals surface area contributed by atoms with Crippen LogP contribution in [0, 0.1) is 51.2 Å². The molecule has 0 aromatic heterocycles. The highest BCUT2D eigenvalue weighted by molar-refractivity contribution is 5.92. The molecule has 1 aliphatic rings. The predicted molar refractivity (Wildman–Crippen MR) is 134 cm³/mol. The van der Waals surface area contributed by atoms with Gasteiger partial charge in [0.25, 0.3) is 0 Å². The third kappa shape index (κ3) is 3.84. The number of ether oxygens (including phenoxy) is 2. The third-order valence-electron chi connectivity index (χ3n) is 6.25. The fraction of sp³-hybridized carbons (Fsp3) is 0.133. The maximum absolute atomic E-state index is 10.6. The highest BCUT2D eigenvalue weighted by atomic mass is 16.5. The second kappa shape index (κ2) is 9.90. The van der Waals surface area contributed by atoms with Crippen molar-refractivity contribution in [3.05, 3.63) is 106 Å². The van der Waals surface area contributed by atoms with Crippen molar-refractivity contribution in [1.82, 2.24) is 0 Å². The van der Waals surface area contributed by atoms with E-state index < -0.39 is 11.3 Å². The molecule has 0 bridgehead atoms. The summed E-state index contributed by atoms with van der Waals surface area (Å²) in [5, 5.41) is 40.9. The Morgan fingerprint density at radius 3 is 1.67 bits per heavy atom. The van der Waals surface area contributed by atoms with E-state index in [2.05, 4.69) is 12.1 Å². The molecule has 3 aromatic rings. The van der Waals surface area contributed by atoms with Gasteiger partial charge in [0, 0.05) is 5.57 Å². The normalized spacial score (nSPS) is 13.2. The van der Waals surface area contributed by atoms with E-state index in [1.54, 1.807) is 68.8 Å². The zero-order valence-electron chi connectivity index (χ0n) is 19.7. The van der Waals surface area contributed by atoms with Crippen LogP contribution in [0.5, 0.6) is 11.5 Å². The topological polar surface area (TPSA) is 114 Å². The molecule has 0 aliphatic heterocycles. The molecule has 6 nitrogen and oxygen atoms in total. The largest absolute Gasteiger partial charge is 0.497 e. The van der Waals surface area contributed by atoms with E-state index in [9.17, 15) is 21.0 Å². The fourth-order valence-electron chi connectivity index (χ4n) is 4.51. The molecule has 3 aromatic carbocycles. The van der Waals surface area contributed by atoms with Gasteiger partial charge in [0.15, 0.2) is 11.3 Å². The van der Waals surface area contributed by atoms with Crippen molar-refractivity contribution in [2.75, 3.05) is 14.2 Å². The molecular weight excluding hydrogens is 448 g/mol. The maximum Gasteiger partial charge on any atom is 0.195 e. The van der Waals surface area contributed by atoms with Gasteiger partial charge in [0.05, 0.1) is 38.5 Å². The predicted octanol–water partition coefficient (Wildman–Crippen LogP) is 5.55. The first-order valence-corrected chi connectivity index (χ1v) is 11.0. The molecule has 4 rings (SSSR count). The van der Waals surface area contributed by atoms with Gasteiger partial charge in [0.2, 0.25) is 0 Å². The number of hydrogen-bond donors (Lipinski definition) is 0. The van der Waals surface area contributed by atoms with Gasteiger partial charge in [-0.1, -0.05) is 48.5 Å². The summed E-state index contributed by atoms with van der Waals surface area (Å²) in [6, 6.07) is 30.1. The van der Waals surface area contributed by atoms with Crippen molar-refractivity contribution in [3.63, 3.8) is 0 Å². The van der Waals surface area contributed by atoms with Gasteiger partial charge in [-0.05, 0) is 63.7 Å². The number of nitrogens with zero attached hydrogens (tertiary/aromatic N) is 4. The molecule has 6 heteroatoms. The van der Waals surface area contributed by atoms with Crippen LogP contribution >= 0.6 is 0 Å². The highest BCUT2D eigenvalue weighted by Crippen LogP contribution is 2.49. The van der Waals surface area contributed by atoms with Crippen LogP contribution in [0.3, 0.4) is 0 Å². The first-order chi connectivity index (χ1) is 17.6. The zero-order valence-corrected chi connectivity index (χ0v) is 19.7. The SMILES string of the molecule is COc1ccc(C(=C2C(C(C#N)C#N)=Cc3ccccc3C2(C#N)C#N)c2ccc(OC)cc2)cc1. The number of allylic oxidation sites excluding steroid dienone is 2. The number of nitriles is 4. The molecule has 0 saturated carbocycles. The van der Waals surface area contributed by atoms with Gasteiger partial charge in [-0.15, -0.1) is 0 Å². The molecule has 1 aliphatic carbocycles. The maximum atomic E-state index is 10.6. The molecule has 0 amide bonds. The second-order valence-corrected chi connectivity index (χ2v) is 8.06. The van der Waals surface area contributed by atoms with Crippen molar-refractivity contribution in [2.45, 2.75) is 5.41 Å². The molecular formula is C30H20N4O2. The molecule has 0 radical (unpaired) electrons. The smallest absolute Gasteiger partial charge is 0.195 e. The van der Waals surface area contributed by atoms with Gasteiger partial charge in [0.1, 0.15) is 11.5 Å². The van der Waals surface area contributed by atoms with Crippen molar-refractivity contribution in [3.8, 4) is 35.8 Å². The lowest BCUT2D eigenvalue weighted by Gasteiger charge is -2.34. The Morgan fingerprint density at radius 2 is 1.22 bits per heavy atom. The van der Waals surface area contributed by atoms with Crippen molar-refractivity contribution in [1.29, 1.82) is 21.0 Å². The first-order valence-electron chi connectivity index (χ1n) is 11.0. The Kier molecular flexibility index (Phi) is 6.56. The summed E-state index contributed by atoms with van der Waals surface area (Å²) >= 11 is 0. The quantitative estimate of drug-likeness (QED) is 0.485. The van der Waals surface area contributed by atoms with Crippen LogP contribution in [0.2, 0.25) is 0 Å². The average Bonchev–Trinajstić information content (AvgIpc) is 2.94. The monoisotopic (exact) mass is 468 g/mol. The summed E-state index contributed by atoms with van der Waals surface area (Å²) in [4.78, 5) is 0. The highest BCUT2D eigenvalue weighted by Gasteiger charge is 2.46. The van der Waals surface area contributed by atoms with Crippen LogP contribution in [0.25, 0.3) is 11.6 Å². The Labute approximate surface area is 209 Å². The van der Waals surface area contributed by atoms with Gasteiger partial charge in [-0.25, -0.2) is 0 Å². The molecule has 36 heavy (non-hydrogen) atoms. The molecule has 0 atom stereocenters.